The van der Waals surface area contributed by atoms with Gasteiger partial charge in [0.15, 0.2) is 0 Å². The number of carbonyl (C=O) groups excluding carboxylic acids is 1. The fourth-order valence-corrected chi connectivity index (χ4v) is 4.21. The van der Waals surface area contributed by atoms with Crippen molar-refractivity contribution in [3.63, 3.8) is 0 Å². The van der Waals surface area contributed by atoms with Crippen LogP contribution in [-0.2, 0) is 11.2 Å². The largest absolute Gasteiger partial charge is 0.390 e. The van der Waals surface area contributed by atoms with Crippen molar-refractivity contribution in [3.05, 3.63) is 35.4 Å². The van der Waals surface area contributed by atoms with Gasteiger partial charge in [-0.1, -0.05) is 24.3 Å². The lowest BCUT2D eigenvalue weighted by Gasteiger charge is -2.35. The highest BCUT2D eigenvalue weighted by Crippen LogP contribution is 2.46. The van der Waals surface area contributed by atoms with Crippen molar-refractivity contribution in [2.24, 2.45) is 5.92 Å². The fourth-order valence-electron chi connectivity index (χ4n) is 4.21. The summed E-state index contributed by atoms with van der Waals surface area (Å²) in [5.74, 6) is 0.792. The molecule has 0 radical (unpaired) electrons. The van der Waals surface area contributed by atoms with E-state index in [1.807, 2.05) is 11.0 Å². The van der Waals surface area contributed by atoms with Crippen LogP contribution in [0.2, 0.25) is 0 Å². The van der Waals surface area contributed by atoms with E-state index >= 15 is 0 Å². The van der Waals surface area contributed by atoms with Crippen LogP contribution < -0.4 is 0 Å². The number of nitrogens with zero attached hydrogens (tertiary/aromatic N) is 1. The van der Waals surface area contributed by atoms with E-state index in [-0.39, 0.29) is 11.5 Å². The zero-order valence-electron chi connectivity index (χ0n) is 12.4. The number of piperidine rings is 1. The molecule has 1 unspecified atom stereocenters. The number of hydrogen-bond donors (Lipinski definition) is 1. The molecule has 0 aromatic heterocycles. The number of fused-ring (bicyclic) bond motifs is 1. The van der Waals surface area contributed by atoms with Crippen LogP contribution in [0, 0.1) is 5.92 Å². The van der Waals surface area contributed by atoms with Crippen molar-refractivity contribution in [1.82, 2.24) is 4.90 Å². The van der Waals surface area contributed by atoms with E-state index in [1.54, 1.807) is 0 Å². The summed E-state index contributed by atoms with van der Waals surface area (Å²) in [6, 6.07) is 8.37. The second-order valence-corrected chi connectivity index (χ2v) is 6.99. The second kappa shape index (κ2) is 4.84. The van der Waals surface area contributed by atoms with Gasteiger partial charge in [-0.15, -0.1) is 0 Å². The van der Waals surface area contributed by atoms with E-state index in [1.165, 1.54) is 11.1 Å². The molecular weight excluding hydrogens is 262 g/mol. The SMILES string of the molecule is O=C(C1CCc2ccccc21)N1CCC(C2(O)CC2)CC1. The third-order valence-corrected chi connectivity index (χ3v) is 5.76. The van der Waals surface area contributed by atoms with Crippen LogP contribution in [0.1, 0.15) is 49.1 Å². The summed E-state index contributed by atoms with van der Waals surface area (Å²) in [5.41, 5.74) is 2.21. The highest BCUT2D eigenvalue weighted by Gasteiger charge is 2.48. The molecule has 3 nitrogen and oxygen atoms in total. The smallest absolute Gasteiger partial charge is 0.230 e. The lowest BCUT2D eigenvalue weighted by Crippen LogP contribution is -2.43. The number of likely N-dealkylation sites (tertiary alicyclic amines) is 1. The third-order valence-electron chi connectivity index (χ3n) is 5.76. The molecule has 1 aromatic carbocycles. The van der Waals surface area contributed by atoms with Gasteiger partial charge >= 0.3 is 0 Å². The van der Waals surface area contributed by atoms with E-state index < -0.39 is 0 Å². The third kappa shape index (κ3) is 2.28. The number of benzene rings is 1. The molecule has 1 aromatic rings. The topological polar surface area (TPSA) is 40.5 Å². The summed E-state index contributed by atoms with van der Waals surface area (Å²) in [6.45, 7) is 1.65. The standard InChI is InChI=1S/C18H23NO2/c20-17(16-6-5-13-3-1-2-4-15(13)16)19-11-7-14(8-12-19)18(21)9-10-18/h1-4,14,16,21H,5-12H2. The van der Waals surface area contributed by atoms with E-state index in [2.05, 4.69) is 18.2 Å². The van der Waals surface area contributed by atoms with Gasteiger partial charge in [-0.3, -0.25) is 4.79 Å². The van der Waals surface area contributed by atoms with Gasteiger partial charge in [0.2, 0.25) is 5.91 Å². The van der Waals surface area contributed by atoms with Gasteiger partial charge in [0, 0.05) is 13.1 Å². The predicted octanol–water partition coefficient (Wildman–Crippen LogP) is 2.48. The predicted molar refractivity (Wildman–Crippen MR) is 81.0 cm³/mol. The Balaban J connectivity index is 1.43. The van der Waals surface area contributed by atoms with Crippen molar-refractivity contribution in [2.75, 3.05) is 13.1 Å². The first kappa shape index (κ1) is 13.3. The Bertz CT molecular complexity index is 556. The van der Waals surface area contributed by atoms with Crippen molar-refractivity contribution < 1.29 is 9.90 Å². The van der Waals surface area contributed by atoms with E-state index in [4.69, 9.17) is 0 Å². The maximum atomic E-state index is 12.8. The molecule has 1 atom stereocenters. The number of aliphatic hydroxyl groups is 1. The van der Waals surface area contributed by atoms with Gasteiger partial charge in [-0.25, -0.2) is 0 Å². The van der Waals surface area contributed by atoms with Gasteiger partial charge in [0.05, 0.1) is 11.5 Å². The fraction of sp³-hybridized carbons (Fsp3) is 0.611. The maximum Gasteiger partial charge on any atom is 0.230 e. The van der Waals surface area contributed by atoms with Crippen LogP contribution in [-0.4, -0.2) is 34.6 Å². The number of hydrogen-bond acceptors (Lipinski definition) is 2. The zero-order valence-corrected chi connectivity index (χ0v) is 12.4. The Morgan fingerprint density at radius 1 is 1.14 bits per heavy atom. The van der Waals surface area contributed by atoms with Crippen molar-refractivity contribution >= 4 is 5.91 Å². The Morgan fingerprint density at radius 3 is 2.57 bits per heavy atom. The minimum atomic E-state index is -0.380. The molecule has 1 N–H and O–H groups in total. The number of carbonyl (C=O) groups is 1. The molecule has 0 spiro atoms. The molecule has 21 heavy (non-hydrogen) atoms. The summed E-state index contributed by atoms with van der Waals surface area (Å²) < 4.78 is 0. The maximum absolute atomic E-state index is 12.8. The molecule has 2 fully saturated rings. The van der Waals surface area contributed by atoms with Crippen molar-refractivity contribution in [1.29, 1.82) is 0 Å². The summed E-state index contributed by atoms with van der Waals surface area (Å²) in [4.78, 5) is 14.8. The van der Waals surface area contributed by atoms with Crippen LogP contribution in [0.3, 0.4) is 0 Å². The molecule has 112 valence electrons. The number of rotatable bonds is 2. The van der Waals surface area contributed by atoms with Gasteiger partial charge in [0.25, 0.3) is 0 Å². The molecule has 1 saturated heterocycles. The zero-order chi connectivity index (χ0) is 14.4. The second-order valence-electron chi connectivity index (χ2n) is 6.99. The highest BCUT2D eigenvalue weighted by atomic mass is 16.3. The number of amides is 1. The van der Waals surface area contributed by atoms with Crippen LogP contribution in [0.15, 0.2) is 24.3 Å². The Morgan fingerprint density at radius 2 is 1.86 bits per heavy atom. The van der Waals surface area contributed by atoms with Crippen molar-refractivity contribution in [3.8, 4) is 0 Å². The number of aryl methyl sites for hydroxylation is 1. The molecule has 1 aliphatic heterocycles. The van der Waals surface area contributed by atoms with E-state index in [0.29, 0.717) is 11.8 Å². The first-order valence-corrected chi connectivity index (χ1v) is 8.26. The molecule has 2 aliphatic carbocycles. The summed E-state index contributed by atoms with van der Waals surface area (Å²) in [5, 5.41) is 10.2. The minimum absolute atomic E-state index is 0.0711. The summed E-state index contributed by atoms with van der Waals surface area (Å²) in [6.07, 6.45) is 5.85. The van der Waals surface area contributed by atoms with Gasteiger partial charge in [-0.05, 0) is 55.6 Å². The lowest BCUT2D eigenvalue weighted by molar-refractivity contribution is -0.135. The molecule has 3 aliphatic rings. The summed E-state index contributed by atoms with van der Waals surface area (Å²) in [7, 11) is 0. The van der Waals surface area contributed by atoms with E-state index in [9.17, 15) is 9.90 Å². The minimum Gasteiger partial charge on any atom is -0.390 e. The monoisotopic (exact) mass is 285 g/mol. The first-order valence-electron chi connectivity index (χ1n) is 8.26. The van der Waals surface area contributed by atoms with Gasteiger partial charge in [-0.2, -0.15) is 0 Å². The summed E-state index contributed by atoms with van der Waals surface area (Å²) >= 11 is 0. The Hall–Kier alpha value is -1.35. The molecule has 1 heterocycles. The van der Waals surface area contributed by atoms with Crippen LogP contribution in [0.5, 0.6) is 0 Å². The molecule has 3 heteroatoms. The molecular formula is C18H23NO2. The average molecular weight is 285 g/mol. The first-order chi connectivity index (χ1) is 10.2. The molecule has 0 bridgehead atoms. The van der Waals surface area contributed by atoms with Crippen molar-refractivity contribution in [2.45, 2.75) is 50.0 Å². The lowest BCUT2D eigenvalue weighted by atomic mass is 9.88. The average Bonchev–Trinajstić information content (AvgIpc) is 3.13. The molecule has 4 rings (SSSR count). The van der Waals surface area contributed by atoms with Gasteiger partial charge in [0.1, 0.15) is 0 Å². The molecule has 1 saturated carbocycles. The van der Waals surface area contributed by atoms with E-state index in [0.717, 1.165) is 51.6 Å². The van der Waals surface area contributed by atoms with Crippen LogP contribution in [0.4, 0.5) is 0 Å². The van der Waals surface area contributed by atoms with Crippen LogP contribution in [0.25, 0.3) is 0 Å². The quantitative estimate of drug-likeness (QED) is 0.907. The Labute approximate surface area is 126 Å². The molecule has 1 amide bonds. The van der Waals surface area contributed by atoms with Crippen LogP contribution >= 0.6 is 0 Å². The van der Waals surface area contributed by atoms with Gasteiger partial charge < -0.3 is 10.0 Å². The Kier molecular flexibility index (Phi) is 3.07. The normalized spacial score (nSPS) is 27.5. The highest BCUT2D eigenvalue weighted by molar-refractivity contribution is 5.85.